The van der Waals surface area contributed by atoms with Crippen molar-refractivity contribution in [2.24, 2.45) is 0 Å². The number of nitrogens with zero attached hydrogens (tertiary/aromatic N) is 1. The van der Waals surface area contributed by atoms with Crippen molar-refractivity contribution in [1.82, 2.24) is 0 Å². The molecule has 0 unspecified atom stereocenters. The van der Waals surface area contributed by atoms with Crippen LogP contribution in [0.2, 0.25) is 0 Å². The number of nitro groups is 1. The molecule has 0 saturated carbocycles. The van der Waals surface area contributed by atoms with Crippen LogP contribution in [0.4, 0.5) is 5.69 Å². The lowest BCUT2D eigenvalue weighted by atomic mass is 9.93. The first-order valence-electron chi connectivity index (χ1n) is 9.79. The molecule has 0 bridgehead atoms. The minimum absolute atomic E-state index is 0.0236. The Hall–Kier alpha value is -3.77. The van der Waals surface area contributed by atoms with E-state index in [4.69, 9.17) is 4.74 Å². The van der Waals surface area contributed by atoms with Crippen molar-refractivity contribution in [2.75, 3.05) is 6.61 Å². The third-order valence-electron chi connectivity index (χ3n) is 4.83. The SMILES string of the molecule is CCOC(=O)c1sc(-c2ccc([N+](=O)[O-])cc2)c(-c2ccccc2)c1-c1ccccc1. The number of thiophene rings is 1. The molecule has 0 aliphatic carbocycles. The number of non-ortho nitro benzene ring substituents is 1. The van der Waals surface area contributed by atoms with E-state index in [1.807, 2.05) is 60.7 Å². The van der Waals surface area contributed by atoms with Crippen molar-refractivity contribution in [3.63, 3.8) is 0 Å². The van der Waals surface area contributed by atoms with E-state index in [2.05, 4.69) is 0 Å². The van der Waals surface area contributed by atoms with Crippen molar-refractivity contribution in [3.05, 3.63) is 99.9 Å². The Balaban J connectivity index is 2.02. The molecular formula is C25H19NO4S. The van der Waals surface area contributed by atoms with Crippen LogP contribution in [-0.4, -0.2) is 17.5 Å². The zero-order valence-electron chi connectivity index (χ0n) is 16.8. The standard InChI is InChI=1S/C25H19NO4S/c1-2-30-25(27)24-22(18-11-7-4-8-12-18)21(17-9-5-3-6-10-17)23(31-24)19-13-15-20(16-14-19)26(28)29/h3-16H,2H2,1H3. The Morgan fingerprint density at radius 2 is 1.39 bits per heavy atom. The molecule has 0 fully saturated rings. The summed E-state index contributed by atoms with van der Waals surface area (Å²) in [6.07, 6.45) is 0. The van der Waals surface area contributed by atoms with Crippen molar-refractivity contribution < 1.29 is 14.5 Å². The highest BCUT2D eigenvalue weighted by atomic mass is 32.1. The highest BCUT2D eigenvalue weighted by Crippen LogP contribution is 2.48. The smallest absolute Gasteiger partial charge is 0.348 e. The Kier molecular flexibility index (Phi) is 5.91. The fourth-order valence-electron chi connectivity index (χ4n) is 3.47. The van der Waals surface area contributed by atoms with E-state index in [0.29, 0.717) is 4.88 Å². The quantitative estimate of drug-likeness (QED) is 0.191. The minimum atomic E-state index is -0.421. The number of nitro benzene ring substituents is 1. The van der Waals surface area contributed by atoms with Crippen LogP contribution in [0.1, 0.15) is 16.6 Å². The van der Waals surface area contributed by atoms with Gasteiger partial charge < -0.3 is 4.74 Å². The summed E-state index contributed by atoms with van der Waals surface area (Å²) < 4.78 is 5.36. The molecule has 4 aromatic rings. The molecule has 4 rings (SSSR count). The lowest BCUT2D eigenvalue weighted by Crippen LogP contribution is -2.03. The first-order chi connectivity index (χ1) is 15.1. The second-order valence-corrected chi connectivity index (χ2v) is 7.79. The Morgan fingerprint density at radius 1 is 0.839 bits per heavy atom. The Bertz CT molecular complexity index is 1220. The molecule has 0 N–H and O–H groups in total. The number of hydrogen-bond acceptors (Lipinski definition) is 5. The van der Waals surface area contributed by atoms with Gasteiger partial charge in [-0.25, -0.2) is 4.79 Å². The zero-order chi connectivity index (χ0) is 21.8. The topological polar surface area (TPSA) is 69.4 Å². The molecule has 0 aliphatic heterocycles. The van der Waals surface area contributed by atoms with Gasteiger partial charge in [0.15, 0.2) is 0 Å². The second kappa shape index (κ2) is 8.93. The van der Waals surface area contributed by atoms with Crippen LogP contribution in [0, 0.1) is 10.1 Å². The molecule has 0 amide bonds. The summed E-state index contributed by atoms with van der Waals surface area (Å²) in [6.45, 7) is 2.06. The molecule has 3 aromatic carbocycles. The molecule has 0 atom stereocenters. The van der Waals surface area contributed by atoms with Gasteiger partial charge in [0.1, 0.15) is 4.88 Å². The van der Waals surface area contributed by atoms with E-state index in [1.165, 1.54) is 23.5 Å². The van der Waals surface area contributed by atoms with Gasteiger partial charge in [0.05, 0.1) is 11.5 Å². The van der Waals surface area contributed by atoms with Crippen LogP contribution in [-0.2, 0) is 4.74 Å². The number of carbonyl (C=O) groups excluding carboxylic acids is 1. The molecule has 0 spiro atoms. The average Bonchev–Trinajstić information content (AvgIpc) is 3.21. The Morgan fingerprint density at radius 3 is 1.90 bits per heavy atom. The number of carbonyl (C=O) groups is 1. The lowest BCUT2D eigenvalue weighted by molar-refractivity contribution is -0.384. The van der Waals surface area contributed by atoms with Gasteiger partial charge in [-0.3, -0.25) is 10.1 Å². The van der Waals surface area contributed by atoms with Gasteiger partial charge >= 0.3 is 5.97 Å². The van der Waals surface area contributed by atoms with Gasteiger partial charge in [-0.2, -0.15) is 0 Å². The maximum Gasteiger partial charge on any atom is 0.348 e. The molecule has 154 valence electrons. The second-order valence-electron chi connectivity index (χ2n) is 6.77. The zero-order valence-corrected chi connectivity index (χ0v) is 17.6. The van der Waals surface area contributed by atoms with Gasteiger partial charge in [-0.05, 0) is 35.7 Å². The average molecular weight is 429 g/mol. The molecule has 0 radical (unpaired) electrons. The highest BCUT2D eigenvalue weighted by molar-refractivity contribution is 7.18. The van der Waals surface area contributed by atoms with Crippen LogP contribution in [0.15, 0.2) is 84.9 Å². The molecule has 6 heteroatoms. The third kappa shape index (κ3) is 4.11. The number of benzene rings is 3. The fraction of sp³-hybridized carbons (Fsp3) is 0.0800. The summed E-state index contributed by atoms with van der Waals surface area (Å²) in [5, 5.41) is 11.1. The minimum Gasteiger partial charge on any atom is -0.462 e. The maximum atomic E-state index is 12.9. The van der Waals surface area contributed by atoms with Crippen LogP contribution in [0.25, 0.3) is 32.7 Å². The molecule has 1 heterocycles. The first-order valence-corrected chi connectivity index (χ1v) is 10.6. The molecule has 5 nitrogen and oxygen atoms in total. The van der Waals surface area contributed by atoms with Crippen molar-refractivity contribution in [3.8, 4) is 32.7 Å². The van der Waals surface area contributed by atoms with Crippen molar-refractivity contribution in [1.29, 1.82) is 0 Å². The lowest BCUT2D eigenvalue weighted by Gasteiger charge is -2.10. The van der Waals surface area contributed by atoms with E-state index in [9.17, 15) is 14.9 Å². The van der Waals surface area contributed by atoms with E-state index in [1.54, 1.807) is 19.1 Å². The van der Waals surface area contributed by atoms with Crippen LogP contribution >= 0.6 is 11.3 Å². The first kappa shape index (κ1) is 20.5. The fourth-order valence-corrected chi connectivity index (χ4v) is 4.71. The monoisotopic (exact) mass is 429 g/mol. The summed E-state index contributed by atoms with van der Waals surface area (Å²) in [7, 11) is 0. The van der Waals surface area contributed by atoms with E-state index < -0.39 is 4.92 Å². The molecular weight excluding hydrogens is 410 g/mol. The maximum absolute atomic E-state index is 12.9. The normalized spacial score (nSPS) is 10.6. The van der Waals surface area contributed by atoms with E-state index >= 15 is 0 Å². The summed E-state index contributed by atoms with van der Waals surface area (Å²) >= 11 is 1.35. The summed E-state index contributed by atoms with van der Waals surface area (Å²) in [4.78, 5) is 25.0. The predicted molar refractivity (Wildman–Crippen MR) is 123 cm³/mol. The van der Waals surface area contributed by atoms with Crippen molar-refractivity contribution in [2.45, 2.75) is 6.92 Å². The van der Waals surface area contributed by atoms with E-state index in [-0.39, 0.29) is 18.3 Å². The number of rotatable bonds is 6. The van der Waals surface area contributed by atoms with Crippen LogP contribution in [0.5, 0.6) is 0 Å². The van der Waals surface area contributed by atoms with E-state index in [0.717, 1.165) is 32.7 Å². The number of ether oxygens (including phenoxy) is 1. The van der Waals surface area contributed by atoms with Gasteiger partial charge in [0.2, 0.25) is 0 Å². The summed E-state index contributed by atoms with van der Waals surface area (Å²) in [6, 6.07) is 26.0. The van der Waals surface area contributed by atoms with Gasteiger partial charge in [0, 0.05) is 28.1 Å². The summed E-state index contributed by atoms with van der Waals surface area (Å²) in [5.74, 6) is -0.378. The molecule has 31 heavy (non-hydrogen) atoms. The summed E-state index contributed by atoms with van der Waals surface area (Å²) in [5.41, 5.74) is 4.42. The highest BCUT2D eigenvalue weighted by Gasteiger charge is 2.26. The predicted octanol–water partition coefficient (Wildman–Crippen LogP) is 6.83. The third-order valence-corrected chi connectivity index (χ3v) is 6.05. The van der Waals surface area contributed by atoms with Gasteiger partial charge in [-0.15, -0.1) is 11.3 Å². The Labute approximate surface area is 183 Å². The molecule has 0 saturated heterocycles. The largest absolute Gasteiger partial charge is 0.462 e. The van der Waals surface area contributed by atoms with Gasteiger partial charge in [0.25, 0.3) is 5.69 Å². The molecule has 0 aliphatic rings. The molecule has 1 aromatic heterocycles. The van der Waals surface area contributed by atoms with Crippen molar-refractivity contribution >= 4 is 23.0 Å². The number of hydrogen-bond donors (Lipinski definition) is 0. The van der Waals surface area contributed by atoms with Crippen LogP contribution in [0.3, 0.4) is 0 Å². The number of esters is 1. The van der Waals surface area contributed by atoms with Gasteiger partial charge in [-0.1, -0.05) is 60.7 Å². The van der Waals surface area contributed by atoms with Crippen LogP contribution < -0.4 is 0 Å².